The summed E-state index contributed by atoms with van der Waals surface area (Å²) in [5.41, 5.74) is 6.83. The molecule has 0 amide bonds. The number of hydrogen-bond donors (Lipinski definition) is 0. The summed E-state index contributed by atoms with van der Waals surface area (Å²) < 4.78 is 7.51. The minimum atomic E-state index is -1.17. The Balaban J connectivity index is 1.45. The zero-order valence-electron chi connectivity index (χ0n) is 27.6. The third kappa shape index (κ3) is 5.10. The van der Waals surface area contributed by atoms with E-state index in [-0.39, 0.29) is 0 Å². The predicted molar refractivity (Wildman–Crippen MR) is 205 cm³/mol. The van der Waals surface area contributed by atoms with Gasteiger partial charge in [-0.25, -0.2) is 0 Å². The molecule has 2 heterocycles. The van der Waals surface area contributed by atoms with Crippen molar-refractivity contribution in [2.45, 2.75) is 11.2 Å². The van der Waals surface area contributed by atoms with Gasteiger partial charge in [0.15, 0.2) is 11.2 Å². The van der Waals surface area contributed by atoms with Gasteiger partial charge in [0.1, 0.15) is 0 Å². The first-order valence-corrected chi connectivity index (χ1v) is 17.0. The van der Waals surface area contributed by atoms with Crippen LogP contribution in [0.25, 0.3) is 10.8 Å². The summed E-state index contributed by atoms with van der Waals surface area (Å²) >= 11 is 0. The fourth-order valence-corrected chi connectivity index (χ4v) is 7.20. The number of fused-ring (bicyclic) bond motifs is 9. The van der Waals surface area contributed by atoms with Crippen LogP contribution >= 0.6 is 0 Å². The highest BCUT2D eigenvalue weighted by atomic mass is 16.5. The Labute approximate surface area is 298 Å². The Morgan fingerprint density at radius 1 is 0.314 bits per heavy atom. The van der Waals surface area contributed by atoms with Crippen molar-refractivity contribution < 1.29 is 4.74 Å². The summed E-state index contributed by atoms with van der Waals surface area (Å²) in [6, 6.07) is 57.1. The highest BCUT2D eigenvalue weighted by molar-refractivity contribution is 5.99. The van der Waals surface area contributed by atoms with E-state index in [1.54, 1.807) is 0 Å². The Kier molecular flexibility index (Phi) is 7.36. The normalized spacial score (nSPS) is 17.3. The third-order valence-corrected chi connectivity index (χ3v) is 9.44. The molecule has 1 nitrogen and oxygen atoms in total. The van der Waals surface area contributed by atoms with Gasteiger partial charge in [0.25, 0.3) is 0 Å². The molecule has 2 aliphatic rings. The molecular formula is C50H28O. The van der Waals surface area contributed by atoms with Crippen molar-refractivity contribution in [3.63, 3.8) is 0 Å². The van der Waals surface area contributed by atoms with Gasteiger partial charge in [0.05, 0.1) is 0 Å². The van der Waals surface area contributed by atoms with Gasteiger partial charge in [0, 0.05) is 55.6 Å². The van der Waals surface area contributed by atoms with Gasteiger partial charge in [-0.3, -0.25) is 0 Å². The van der Waals surface area contributed by atoms with Crippen LogP contribution in [-0.2, 0) is 15.9 Å². The van der Waals surface area contributed by atoms with Crippen molar-refractivity contribution >= 4 is 10.8 Å². The molecular weight excluding hydrogens is 617 g/mol. The van der Waals surface area contributed by atoms with E-state index >= 15 is 0 Å². The Hall–Kier alpha value is -7.00. The van der Waals surface area contributed by atoms with Gasteiger partial charge in [-0.2, -0.15) is 0 Å². The molecule has 2 aliphatic heterocycles. The lowest BCUT2D eigenvalue weighted by Gasteiger charge is -2.28. The molecule has 2 unspecified atom stereocenters. The van der Waals surface area contributed by atoms with E-state index < -0.39 is 11.2 Å². The molecule has 51 heavy (non-hydrogen) atoms. The maximum Gasteiger partial charge on any atom is 0.184 e. The van der Waals surface area contributed by atoms with E-state index in [0.29, 0.717) is 0 Å². The molecule has 0 saturated carbocycles. The van der Waals surface area contributed by atoms with Crippen molar-refractivity contribution in [1.82, 2.24) is 0 Å². The molecule has 0 radical (unpaired) electrons. The fourth-order valence-electron chi connectivity index (χ4n) is 7.20. The van der Waals surface area contributed by atoms with Crippen molar-refractivity contribution in [3.05, 3.63) is 225 Å². The van der Waals surface area contributed by atoms with Crippen LogP contribution in [0.2, 0.25) is 0 Å². The molecule has 0 spiro atoms. The summed E-state index contributed by atoms with van der Waals surface area (Å²) in [6.45, 7) is 0. The van der Waals surface area contributed by atoms with Gasteiger partial charge < -0.3 is 4.74 Å². The van der Waals surface area contributed by atoms with E-state index in [4.69, 9.17) is 4.74 Å². The van der Waals surface area contributed by atoms with Crippen molar-refractivity contribution in [1.29, 1.82) is 0 Å². The SMILES string of the molecule is C(#Cc1c2c(c(C#Cc3ccccc3)c3ccccc13)C1(C#Cc3ccccc3)OC2(C#Cc2ccccc2)c2ccccc21)c1ccccc1. The third-order valence-electron chi connectivity index (χ3n) is 9.44. The molecule has 0 aromatic heterocycles. The second-order valence-corrected chi connectivity index (χ2v) is 12.5. The number of hydrogen-bond acceptors (Lipinski definition) is 1. The highest BCUT2D eigenvalue weighted by Crippen LogP contribution is 2.63. The minimum absolute atomic E-state index is 0.870. The van der Waals surface area contributed by atoms with E-state index in [1.165, 1.54) is 0 Å². The average molecular weight is 645 g/mol. The Morgan fingerprint density at radius 2 is 0.627 bits per heavy atom. The molecule has 0 N–H and O–H groups in total. The molecule has 234 valence electrons. The summed E-state index contributed by atoms with van der Waals surface area (Å²) in [4.78, 5) is 0. The van der Waals surface area contributed by atoms with E-state index in [0.717, 1.165) is 66.4 Å². The molecule has 7 aromatic carbocycles. The maximum absolute atomic E-state index is 7.51. The van der Waals surface area contributed by atoms with Gasteiger partial charge in [0.2, 0.25) is 0 Å². The maximum atomic E-state index is 7.51. The first-order chi connectivity index (χ1) is 25.3. The summed E-state index contributed by atoms with van der Waals surface area (Å²) in [5.74, 6) is 28.6. The smallest absolute Gasteiger partial charge is 0.184 e. The highest BCUT2D eigenvalue weighted by Gasteiger charge is 2.64. The van der Waals surface area contributed by atoms with Gasteiger partial charge in [-0.05, 0) is 59.3 Å². The molecule has 0 aliphatic carbocycles. The second-order valence-electron chi connectivity index (χ2n) is 12.5. The van der Waals surface area contributed by atoms with E-state index in [1.807, 2.05) is 121 Å². The largest absolute Gasteiger partial charge is 0.326 e. The van der Waals surface area contributed by atoms with Crippen LogP contribution < -0.4 is 0 Å². The molecule has 7 aromatic rings. The summed E-state index contributed by atoms with van der Waals surface area (Å²) in [7, 11) is 0. The van der Waals surface area contributed by atoms with Crippen molar-refractivity contribution in [3.8, 4) is 47.4 Å². The topological polar surface area (TPSA) is 9.23 Å². The van der Waals surface area contributed by atoms with Crippen LogP contribution in [-0.4, -0.2) is 0 Å². The average Bonchev–Trinajstić information content (AvgIpc) is 3.67. The van der Waals surface area contributed by atoms with Crippen LogP contribution in [0.4, 0.5) is 0 Å². The number of ether oxygens (including phenoxy) is 1. The lowest BCUT2D eigenvalue weighted by molar-refractivity contribution is -0.00491. The lowest BCUT2D eigenvalue weighted by atomic mass is 9.68. The zero-order valence-corrected chi connectivity index (χ0v) is 27.6. The monoisotopic (exact) mass is 644 g/mol. The fraction of sp³-hybridized carbons (Fsp3) is 0.0400. The van der Waals surface area contributed by atoms with Crippen molar-refractivity contribution in [2.75, 3.05) is 0 Å². The number of rotatable bonds is 0. The first kappa shape index (κ1) is 30.1. The first-order valence-electron chi connectivity index (χ1n) is 17.0. The zero-order chi connectivity index (χ0) is 34.1. The summed E-state index contributed by atoms with van der Waals surface area (Å²) in [5, 5.41) is 2.00. The van der Waals surface area contributed by atoms with E-state index in [2.05, 4.69) is 95.9 Å². The molecule has 2 bridgehead atoms. The summed E-state index contributed by atoms with van der Waals surface area (Å²) in [6.07, 6.45) is 0. The molecule has 0 saturated heterocycles. The Bertz CT molecular complexity index is 2530. The van der Waals surface area contributed by atoms with Crippen LogP contribution in [0, 0.1) is 47.4 Å². The predicted octanol–water partition coefficient (Wildman–Crippen LogP) is 9.57. The quantitative estimate of drug-likeness (QED) is 0.150. The molecule has 0 fully saturated rings. The van der Waals surface area contributed by atoms with Crippen LogP contribution in [0.3, 0.4) is 0 Å². The minimum Gasteiger partial charge on any atom is -0.326 e. The van der Waals surface area contributed by atoms with Crippen LogP contribution in [0.1, 0.15) is 55.6 Å². The van der Waals surface area contributed by atoms with Gasteiger partial charge in [-0.1, -0.05) is 169 Å². The van der Waals surface area contributed by atoms with Crippen molar-refractivity contribution in [2.24, 2.45) is 0 Å². The molecule has 2 atom stereocenters. The van der Waals surface area contributed by atoms with Crippen LogP contribution in [0.5, 0.6) is 0 Å². The number of benzene rings is 7. The molecule has 1 heteroatoms. The van der Waals surface area contributed by atoms with E-state index in [9.17, 15) is 0 Å². The second kappa shape index (κ2) is 12.5. The van der Waals surface area contributed by atoms with Crippen LogP contribution in [0.15, 0.2) is 170 Å². The molecule has 9 rings (SSSR count). The van der Waals surface area contributed by atoms with Gasteiger partial charge >= 0.3 is 0 Å². The lowest BCUT2D eigenvalue weighted by Crippen LogP contribution is -2.26. The standard InChI is InChI=1S/C50H28O/c1-5-17-37(18-6-1)29-31-43-41-25-13-14-26-42(41)44(32-30-38-19-7-2-8-20-38)48-47(43)49(35-33-39-21-9-3-10-22-39)45-27-15-16-28-46(45)50(48,51-49)36-34-40-23-11-4-12-24-40/h1-28H. The Morgan fingerprint density at radius 3 is 1.00 bits per heavy atom. The van der Waals surface area contributed by atoms with Gasteiger partial charge in [-0.15, -0.1) is 0 Å².